The number of hydrogen-bond acceptors (Lipinski definition) is 4. The van der Waals surface area contributed by atoms with Crippen LogP contribution < -0.4 is 4.74 Å². The van der Waals surface area contributed by atoms with Gasteiger partial charge in [0.25, 0.3) is 5.91 Å². The number of ether oxygens (including phenoxy) is 1. The molecular weight excluding hydrogens is 548 g/mol. The maximum absolute atomic E-state index is 13.7. The fourth-order valence-corrected chi connectivity index (χ4v) is 5.71. The summed E-state index contributed by atoms with van der Waals surface area (Å²) in [6, 6.07) is 16.3. The standard InChI is InChI=1S/C27H28BrClN2O3S/c1-3-18(2)31(27(33)19-5-4-6-20(28)15-19)16-26(32)30-13-11-25-23(12-14-35-25)24(30)17-34-22-9-7-21(29)8-10-22/h4-10,12,14-15,18,24H,3,11,13,16-17H2,1-2H3/t18-,24+/m1/s1. The third-order valence-electron chi connectivity index (χ3n) is 6.40. The Hall–Kier alpha value is -2.35. The summed E-state index contributed by atoms with van der Waals surface area (Å²) < 4.78 is 6.91. The van der Waals surface area contributed by atoms with Crippen LogP contribution in [-0.2, 0) is 11.2 Å². The molecule has 2 heterocycles. The topological polar surface area (TPSA) is 49.9 Å². The summed E-state index contributed by atoms with van der Waals surface area (Å²) in [6.07, 6.45) is 1.56. The van der Waals surface area contributed by atoms with Crippen molar-refractivity contribution >= 4 is 50.7 Å². The Labute approximate surface area is 223 Å². The molecule has 0 bridgehead atoms. The molecule has 0 N–H and O–H groups in total. The first-order valence-corrected chi connectivity index (χ1v) is 13.7. The molecule has 184 valence electrons. The highest BCUT2D eigenvalue weighted by Crippen LogP contribution is 2.34. The number of rotatable bonds is 8. The van der Waals surface area contributed by atoms with Crippen molar-refractivity contribution in [2.24, 2.45) is 0 Å². The Balaban J connectivity index is 1.54. The van der Waals surface area contributed by atoms with Gasteiger partial charge in [0.1, 0.15) is 18.9 Å². The maximum Gasteiger partial charge on any atom is 0.254 e. The molecule has 2 atom stereocenters. The Morgan fingerprint density at radius 2 is 2.00 bits per heavy atom. The summed E-state index contributed by atoms with van der Waals surface area (Å²) in [4.78, 5) is 31.9. The van der Waals surface area contributed by atoms with E-state index in [1.165, 1.54) is 4.88 Å². The summed E-state index contributed by atoms with van der Waals surface area (Å²) in [5.74, 6) is 0.488. The molecule has 0 saturated heterocycles. The van der Waals surface area contributed by atoms with Crippen molar-refractivity contribution in [2.45, 2.75) is 38.8 Å². The molecule has 8 heteroatoms. The molecule has 0 saturated carbocycles. The fourth-order valence-electron chi connectivity index (χ4n) is 4.25. The number of benzene rings is 2. The summed E-state index contributed by atoms with van der Waals surface area (Å²) in [7, 11) is 0. The minimum atomic E-state index is -0.215. The molecule has 2 aromatic carbocycles. The van der Waals surface area contributed by atoms with Gasteiger partial charge in [-0.2, -0.15) is 0 Å². The van der Waals surface area contributed by atoms with E-state index in [1.807, 2.05) is 43.0 Å². The number of halogens is 2. The van der Waals surface area contributed by atoms with Crippen molar-refractivity contribution < 1.29 is 14.3 Å². The zero-order chi connectivity index (χ0) is 24.9. The smallest absolute Gasteiger partial charge is 0.254 e. The summed E-state index contributed by atoms with van der Waals surface area (Å²) in [5, 5.41) is 2.71. The molecule has 0 aliphatic carbocycles. The zero-order valence-electron chi connectivity index (χ0n) is 19.7. The first-order chi connectivity index (χ1) is 16.9. The van der Waals surface area contributed by atoms with Crippen molar-refractivity contribution in [3.05, 3.63) is 85.5 Å². The molecule has 35 heavy (non-hydrogen) atoms. The molecule has 0 radical (unpaired) electrons. The van der Waals surface area contributed by atoms with Crippen molar-refractivity contribution in [2.75, 3.05) is 19.7 Å². The highest BCUT2D eigenvalue weighted by molar-refractivity contribution is 9.10. The van der Waals surface area contributed by atoms with Gasteiger partial charge in [0, 0.05) is 32.5 Å². The van der Waals surface area contributed by atoms with Crippen molar-refractivity contribution in [3.63, 3.8) is 0 Å². The highest BCUT2D eigenvalue weighted by atomic mass is 79.9. The van der Waals surface area contributed by atoms with Crippen LogP contribution in [0.2, 0.25) is 5.02 Å². The van der Waals surface area contributed by atoms with Crippen LogP contribution in [0.4, 0.5) is 0 Å². The zero-order valence-corrected chi connectivity index (χ0v) is 22.9. The van der Waals surface area contributed by atoms with Crippen LogP contribution in [0.15, 0.2) is 64.5 Å². The van der Waals surface area contributed by atoms with Gasteiger partial charge in [0.15, 0.2) is 0 Å². The second kappa shape index (κ2) is 11.6. The Bertz CT molecular complexity index is 1180. The molecule has 0 spiro atoms. The van der Waals surface area contributed by atoms with E-state index >= 15 is 0 Å². The molecular formula is C27H28BrClN2O3S. The first-order valence-electron chi connectivity index (χ1n) is 11.7. The minimum Gasteiger partial charge on any atom is -0.491 e. The van der Waals surface area contributed by atoms with Crippen molar-refractivity contribution in [1.82, 2.24) is 9.80 Å². The van der Waals surface area contributed by atoms with Gasteiger partial charge in [-0.3, -0.25) is 9.59 Å². The Morgan fingerprint density at radius 3 is 2.71 bits per heavy atom. The molecule has 1 aromatic heterocycles. The molecule has 1 aliphatic rings. The number of carbonyl (C=O) groups excluding carboxylic acids is 2. The van der Waals surface area contributed by atoms with Gasteiger partial charge in [0.2, 0.25) is 5.91 Å². The van der Waals surface area contributed by atoms with Crippen LogP contribution in [0, 0.1) is 0 Å². The maximum atomic E-state index is 13.7. The molecule has 2 amide bonds. The predicted octanol–water partition coefficient (Wildman–Crippen LogP) is 6.61. The van der Waals surface area contributed by atoms with Crippen LogP contribution in [-0.4, -0.2) is 47.4 Å². The number of nitrogens with zero attached hydrogens (tertiary/aromatic N) is 2. The number of thiophene rings is 1. The van der Waals surface area contributed by atoms with E-state index in [9.17, 15) is 9.59 Å². The first kappa shape index (κ1) is 25.7. The van der Waals surface area contributed by atoms with Gasteiger partial charge in [-0.15, -0.1) is 11.3 Å². The van der Waals surface area contributed by atoms with Gasteiger partial charge in [-0.25, -0.2) is 0 Å². The van der Waals surface area contributed by atoms with Crippen molar-refractivity contribution in [3.8, 4) is 5.75 Å². The van der Waals surface area contributed by atoms with Gasteiger partial charge < -0.3 is 14.5 Å². The summed E-state index contributed by atoms with van der Waals surface area (Å²) >= 11 is 11.2. The number of carbonyl (C=O) groups is 2. The molecule has 3 aromatic rings. The van der Waals surface area contributed by atoms with Crippen molar-refractivity contribution in [1.29, 1.82) is 0 Å². The highest BCUT2D eigenvalue weighted by Gasteiger charge is 2.34. The number of fused-ring (bicyclic) bond motifs is 1. The van der Waals surface area contributed by atoms with Crippen LogP contribution in [0.25, 0.3) is 0 Å². The lowest BCUT2D eigenvalue weighted by atomic mass is 10.00. The molecule has 0 unspecified atom stereocenters. The predicted molar refractivity (Wildman–Crippen MR) is 144 cm³/mol. The lowest BCUT2D eigenvalue weighted by Crippen LogP contribution is -2.49. The lowest BCUT2D eigenvalue weighted by molar-refractivity contribution is -0.136. The monoisotopic (exact) mass is 574 g/mol. The van der Waals surface area contributed by atoms with Gasteiger partial charge in [-0.1, -0.05) is 40.5 Å². The average molecular weight is 576 g/mol. The largest absolute Gasteiger partial charge is 0.491 e. The minimum absolute atomic E-state index is 0.0251. The van der Waals surface area contributed by atoms with Gasteiger partial charge >= 0.3 is 0 Å². The Morgan fingerprint density at radius 1 is 1.23 bits per heavy atom. The van der Waals surface area contributed by atoms with E-state index in [0.717, 1.165) is 22.9 Å². The van der Waals surface area contributed by atoms with E-state index in [2.05, 4.69) is 27.4 Å². The number of amides is 2. The van der Waals surface area contributed by atoms with Gasteiger partial charge in [-0.05, 0) is 79.2 Å². The molecule has 5 nitrogen and oxygen atoms in total. The van der Waals surface area contributed by atoms with Crippen LogP contribution in [0.5, 0.6) is 5.75 Å². The van der Waals surface area contributed by atoms with Crippen LogP contribution in [0.1, 0.15) is 47.1 Å². The third kappa shape index (κ3) is 6.08. The van der Waals surface area contributed by atoms with E-state index in [-0.39, 0.29) is 30.4 Å². The second-order valence-corrected chi connectivity index (χ2v) is 11.0. The lowest BCUT2D eigenvalue weighted by Gasteiger charge is -2.38. The molecule has 4 rings (SSSR count). The number of hydrogen-bond donors (Lipinski definition) is 0. The van der Waals surface area contributed by atoms with E-state index < -0.39 is 0 Å². The van der Waals surface area contributed by atoms with Crippen LogP contribution in [0.3, 0.4) is 0 Å². The van der Waals surface area contributed by atoms with E-state index in [4.69, 9.17) is 16.3 Å². The third-order valence-corrected chi connectivity index (χ3v) is 8.14. The van der Waals surface area contributed by atoms with E-state index in [1.54, 1.807) is 40.5 Å². The summed E-state index contributed by atoms with van der Waals surface area (Å²) in [6.45, 7) is 4.97. The quantitative estimate of drug-likeness (QED) is 0.304. The molecule has 0 fully saturated rings. The fraction of sp³-hybridized carbons (Fsp3) is 0.333. The average Bonchev–Trinajstić information content (AvgIpc) is 3.35. The normalized spacial score (nSPS) is 15.9. The van der Waals surface area contributed by atoms with Gasteiger partial charge in [0.05, 0.1) is 6.04 Å². The Kier molecular flexibility index (Phi) is 8.52. The van der Waals surface area contributed by atoms with Crippen LogP contribution >= 0.6 is 38.9 Å². The SMILES string of the molecule is CC[C@@H](C)N(CC(=O)N1CCc2sccc2[C@@H]1COc1ccc(Cl)cc1)C(=O)c1cccc(Br)c1. The summed E-state index contributed by atoms with van der Waals surface area (Å²) in [5.41, 5.74) is 1.69. The van der Waals surface area contributed by atoms with E-state index in [0.29, 0.717) is 29.5 Å². The second-order valence-electron chi connectivity index (χ2n) is 8.62. The molecule has 1 aliphatic heterocycles.